The Kier molecular flexibility index (Phi) is 1.86. The van der Waals surface area contributed by atoms with Gasteiger partial charge in [0.15, 0.2) is 0 Å². The van der Waals surface area contributed by atoms with Gasteiger partial charge in [0.25, 0.3) is 0 Å². The molecule has 1 fully saturated rings. The Bertz CT molecular complexity index is 366. The normalized spacial score (nSPS) is 17.7. The van der Waals surface area contributed by atoms with Crippen molar-refractivity contribution in [3.63, 3.8) is 0 Å². The molecular formula is C10H12N2O. The number of imidazole rings is 1. The van der Waals surface area contributed by atoms with Crippen LogP contribution in [0.2, 0.25) is 0 Å². The molecule has 1 heterocycles. The van der Waals surface area contributed by atoms with Crippen LogP contribution in [0.25, 0.3) is 0 Å². The highest BCUT2D eigenvalue weighted by Crippen LogP contribution is 2.33. The third-order valence-electron chi connectivity index (χ3n) is 2.21. The molecule has 3 heteroatoms. The van der Waals surface area contributed by atoms with Gasteiger partial charge in [-0.25, -0.2) is 4.98 Å². The molecule has 0 aliphatic heterocycles. The van der Waals surface area contributed by atoms with Crippen LogP contribution in [0.3, 0.4) is 0 Å². The molecule has 1 aliphatic carbocycles. The van der Waals surface area contributed by atoms with Crippen LogP contribution in [0.15, 0.2) is 12.4 Å². The molecule has 2 rings (SSSR count). The van der Waals surface area contributed by atoms with E-state index in [1.54, 1.807) is 6.20 Å². The molecular weight excluding hydrogens is 164 g/mol. The van der Waals surface area contributed by atoms with E-state index in [9.17, 15) is 5.11 Å². The van der Waals surface area contributed by atoms with Gasteiger partial charge in [0, 0.05) is 19.4 Å². The largest absolute Gasteiger partial charge is 0.378 e. The summed E-state index contributed by atoms with van der Waals surface area (Å²) in [5, 5.41) is 9.43. The van der Waals surface area contributed by atoms with E-state index in [-0.39, 0.29) is 0 Å². The zero-order valence-electron chi connectivity index (χ0n) is 7.62. The number of aliphatic hydroxyl groups is 1. The van der Waals surface area contributed by atoms with Gasteiger partial charge in [0.1, 0.15) is 11.4 Å². The van der Waals surface area contributed by atoms with E-state index in [4.69, 9.17) is 0 Å². The van der Waals surface area contributed by atoms with Crippen LogP contribution in [0.4, 0.5) is 0 Å². The molecule has 0 radical (unpaired) electrons. The summed E-state index contributed by atoms with van der Waals surface area (Å²) >= 11 is 0. The first-order valence-corrected chi connectivity index (χ1v) is 4.38. The van der Waals surface area contributed by atoms with Crippen molar-refractivity contribution < 1.29 is 5.11 Å². The van der Waals surface area contributed by atoms with Crippen LogP contribution in [-0.4, -0.2) is 20.3 Å². The van der Waals surface area contributed by atoms with E-state index < -0.39 is 5.60 Å². The van der Waals surface area contributed by atoms with Gasteiger partial charge in [-0.3, -0.25) is 0 Å². The molecule has 0 bridgehead atoms. The number of nitrogens with zero attached hydrogens (tertiary/aromatic N) is 2. The van der Waals surface area contributed by atoms with Crippen LogP contribution < -0.4 is 0 Å². The van der Waals surface area contributed by atoms with Gasteiger partial charge < -0.3 is 9.67 Å². The van der Waals surface area contributed by atoms with Crippen molar-refractivity contribution in [1.29, 1.82) is 0 Å². The highest BCUT2D eigenvalue weighted by atomic mass is 16.3. The summed E-state index contributed by atoms with van der Waals surface area (Å²) in [7, 11) is 1.94. The van der Waals surface area contributed by atoms with E-state index >= 15 is 0 Å². The maximum atomic E-state index is 9.43. The van der Waals surface area contributed by atoms with E-state index in [1.165, 1.54) is 0 Å². The molecule has 1 aromatic heterocycles. The smallest absolute Gasteiger partial charge is 0.125 e. The minimum atomic E-state index is -0.662. The highest BCUT2D eigenvalue weighted by Gasteiger charge is 2.38. The lowest BCUT2D eigenvalue weighted by molar-refractivity contribution is 0.212. The Balaban J connectivity index is 1.98. The predicted octanol–water partition coefficient (Wildman–Crippen LogP) is 0.491. The summed E-state index contributed by atoms with van der Waals surface area (Å²) in [5.74, 6) is 6.74. The van der Waals surface area contributed by atoms with Gasteiger partial charge in [-0.2, -0.15) is 0 Å². The fourth-order valence-corrected chi connectivity index (χ4v) is 1.10. The van der Waals surface area contributed by atoms with Crippen molar-refractivity contribution >= 4 is 0 Å². The Morgan fingerprint density at radius 2 is 2.46 bits per heavy atom. The third-order valence-corrected chi connectivity index (χ3v) is 2.21. The molecule has 0 atom stereocenters. The summed E-state index contributed by atoms with van der Waals surface area (Å²) in [5.41, 5.74) is -0.662. The van der Waals surface area contributed by atoms with Crippen LogP contribution >= 0.6 is 0 Å². The van der Waals surface area contributed by atoms with Crippen molar-refractivity contribution in [3.8, 4) is 11.8 Å². The van der Waals surface area contributed by atoms with Gasteiger partial charge in [-0.15, -0.1) is 0 Å². The van der Waals surface area contributed by atoms with Gasteiger partial charge in [-0.05, 0) is 12.8 Å². The SMILES string of the molecule is Cn1ccnc1CC#CC1(O)CC1. The molecule has 13 heavy (non-hydrogen) atoms. The van der Waals surface area contributed by atoms with Crippen molar-refractivity contribution in [2.75, 3.05) is 0 Å². The zero-order chi connectivity index (χ0) is 9.31. The van der Waals surface area contributed by atoms with Gasteiger partial charge in [0.2, 0.25) is 0 Å². The monoisotopic (exact) mass is 176 g/mol. The van der Waals surface area contributed by atoms with E-state index in [0.29, 0.717) is 6.42 Å². The molecule has 68 valence electrons. The van der Waals surface area contributed by atoms with Crippen LogP contribution in [0, 0.1) is 11.8 Å². The molecule has 3 nitrogen and oxygen atoms in total. The van der Waals surface area contributed by atoms with Crippen molar-refractivity contribution in [3.05, 3.63) is 18.2 Å². The number of hydrogen-bond acceptors (Lipinski definition) is 2. The molecule has 0 spiro atoms. The molecule has 1 aromatic rings. The molecule has 1 saturated carbocycles. The minimum absolute atomic E-state index is 0.617. The summed E-state index contributed by atoms with van der Waals surface area (Å²) in [6.07, 6.45) is 5.90. The van der Waals surface area contributed by atoms with Crippen LogP contribution in [0.1, 0.15) is 18.7 Å². The molecule has 1 aliphatic rings. The number of rotatable bonds is 1. The van der Waals surface area contributed by atoms with E-state index in [1.807, 2.05) is 17.8 Å². The second-order valence-corrected chi connectivity index (χ2v) is 3.46. The van der Waals surface area contributed by atoms with Crippen LogP contribution in [-0.2, 0) is 13.5 Å². The second kappa shape index (κ2) is 2.90. The Morgan fingerprint density at radius 1 is 1.69 bits per heavy atom. The summed E-state index contributed by atoms with van der Waals surface area (Å²) < 4.78 is 1.94. The maximum Gasteiger partial charge on any atom is 0.125 e. The average Bonchev–Trinajstić information content (AvgIpc) is 2.68. The Morgan fingerprint density at radius 3 is 3.00 bits per heavy atom. The number of hydrogen-bond donors (Lipinski definition) is 1. The summed E-state index contributed by atoms with van der Waals surface area (Å²) in [4.78, 5) is 4.13. The quantitative estimate of drug-likeness (QED) is 0.632. The Labute approximate surface area is 77.4 Å². The lowest BCUT2D eigenvalue weighted by atomic mass is 10.3. The molecule has 0 amide bonds. The van der Waals surface area contributed by atoms with Gasteiger partial charge in [0.05, 0.1) is 6.42 Å². The molecule has 0 unspecified atom stereocenters. The first-order chi connectivity index (χ1) is 6.20. The first-order valence-electron chi connectivity index (χ1n) is 4.38. The fourth-order valence-electron chi connectivity index (χ4n) is 1.10. The average molecular weight is 176 g/mol. The van der Waals surface area contributed by atoms with Gasteiger partial charge in [-0.1, -0.05) is 11.8 Å². The fraction of sp³-hybridized carbons (Fsp3) is 0.500. The number of aromatic nitrogens is 2. The molecule has 0 aromatic carbocycles. The highest BCUT2D eigenvalue weighted by molar-refractivity contribution is 5.23. The zero-order valence-corrected chi connectivity index (χ0v) is 7.62. The van der Waals surface area contributed by atoms with Crippen molar-refractivity contribution in [2.24, 2.45) is 7.05 Å². The first kappa shape index (κ1) is 8.33. The maximum absolute atomic E-state index is 9.43. The minimum Gasteiger partial charge on any atom is -0.378 e. The van der Waals surface area contributed by atoms with Crippen molar-refractivity contribution in [1.82, 2.24) is 9.55 Å². The standard InChI is InChI=1S/C10H12N2O/c1-12-8-7-11-9(12)3-2-4-10(13)5-6-10/h7-8,13H,3,5-6H2,1H3. The molecule has 1 N–H and O–H groups in total. The summed E-state index contributed by atoms with van der Waals surface area (Å²) in [6, 6.07) is 0. The second-order valence-electron chi connectivity index (χ2n) is 3.46. The Hall–Kier alpha value is -1.27. The number of aryl methyl sites for hydroxylation is 1. The topological polar surface area (TPSA) is 38.0 Å². The van der Waals surface area contributed by atoms with Crippen LogP contribution in [0.5, 0.6) is 0 Å². The third kappa shape index (κ3) is 1.90. The van der Waals surface area contributed by atoms with E-state index in [0.717, 1.165) is 18.7 Å². The van der Waals surface area contributed by atoms with E-state index in [2.05, 4.69) is 16.8 Å². The lowest BCUT2D eigenvalue weighted by Gasteiger charge is -1.95. The van der Waals surface area contributed by atoms with Gasteiger partial charge >= 0.3 is 0 Å². The predicted molar refractivity (Wildman–Crippen MR) is 48.9 cm³/mol. The molecule has 0 saturated heterocycles. The summed E-state index contributed by atoms with van der Waals surface area (Å²) in [6.45, 7) is 0. The van der Waals surface area contributed by atoms with Crippen molar-refractivity contribution in [2.45, 2.75) is 24.9 Å². The lowest BCUT2D eigenvalue weighted by Crippen LogP contribution is -2.02.